The molecule has 0 radical (unpaired) electrons. The van der Waals surface area contributed by atoms with Gasteiger partial charge >= 0.3 is 5.63 Å². The largest absolute Gasteiger partial charge is 0.493 e. The van der Waals surface area contributed by atoms with E-state index in [9.17, 15) is 14.7 Å². The van der Waals surface area contributed by atoms with Crippen molar-refractivity contribution >= 4 is 16.9 Å². The van der Waals surface area contributed by atoms with Crippen LogP contribution in [0.1, 0.15) is 13.8 Å². The van der Waals surface area contributed by atoms with Crippen LogP contribution in [0, 0.1) is 5.92 Å². The van der Waals surface area contributed by atoms with Crippen molar-refractivity contribution in [1.29, 1.82) is 0 Å². The maximum atomic E-state index is 12.5. The van der Waals surface area contributed by atoms with Gasteiger partial charge in [-0.15, -0.1) is 0 Å². The Labute approximate surface area is 174 Å². The molecule has 2 N–H and O–H groups in total. The van der Waals surface area contributed by atoms with Gasteiger partial charge in [0.2, 0.25) is 0 Å². The Kier molecular flexibility index (Phi) is 6.74. The number of methoxy groups -OCH3 is 1. The van der Waals surface area contributed by atoms with E-state index in [1.54, 1.807) is 36.4 Å². The highest BCUT2D eigenvalue weighted by atomic mass is 16.5. The molecule has 0 bridgehead atoms. The Bertz CT molecular complexity index is 1070. The number of hydrogen-bond acceptors (Lipinski definition) is 6. The third kappa shape index (κ3) is 4.80. The fourth-order valence-corrected chi connectivity index (χ4v) is 3.03. The number of carbonyl (C=O) groups excluding carboxylic acids is 1. The van der Waals surface area contributed by atoms with Gasteiger partial charge in [-0.25, -0.2) is 4.79 Å². The number of fused-ring (bicyclic) bond motifs is 1. The summed E-state index contributed by atoms with van der Waals surface area (Å²) in [6.45, 7) is 3.54. The van der Waals surface area contributed by atoms with Crippen LogP contribution < -0.4 is 20.4 Å². The minimum Gasteiger partial charge on any atom is -0.493 e. The molecule has 1 unspecified atom stereocenters. The standard InChI is InChI=1S/C23H25NO6/c1-14(2)19(12-25)24-21(26)13-29-17-9-7-15(8-10-17)18-11-16-5-4-6-20(28-3)22(16)30-23(18)27/h4-11,14,19,25H,12-13H2,1-3H3,(H,24,26). The molecule has 0 saturated heterocycles. The van der Waals surface area contributed by atoms with Crippen molar-refractivity contribution in [3.63, 3.8) is 0 Å². The number of carbonyl (C=O) groups is 1. The van der Waals surface area contributed by atoms with Crippen molar-refractivity contribution in [3.8, 4) is 22.6 Å². The van der Waals surface area contributed by atoms with Gasteiger partial charge in [0.15, 0.2) is 17.9 Å². The van der Waals surface area contributed by atoms with Crippen molar-refractivity contribution in [1.82, 2.24) is 5.32 Å². The van der Waals surface area contributed by atoms with Gasteiger partial charge in [0.05, 0.1) is 25.3 Å². The van der Waals surface area contributed by atoms with Crippen LogP contribution in [0.2, 0.25) is 0 Å². The fourth-order valence-electron chi connectivity index (χ4n) is 3.03. The van der Waals surface area contributed by atoms with E-state index in [4.69, 9.17) is 13.9 Å². The number of aliphatic hydroxyl groups excluding tert-OH is 1. The summed E-state index contributed by atoms with van der Waals surface area (Å²) < 4.78 is 16.2. The monoisotopic (exact) mass is 411 g/mol. The summed E-state index contributed by atoms with van der Waals surface area (Å²) >= 11 is 0. The first-order valence-electron chi connectivity index (χ1n) is 9.67. The Morgan fingerprint density at radius 2 is 1.90 bits per heavy atom. The molecule has 158 valence electrons. The van der Waals surface area contributed by atoms with Crippen molar-refractivity contribution in [2.45, 2.75) is 19.9 Å². The molecular weight excluding hydrogens is 386 g/mol. The fraction of sp³-hybridized carbons (Fsp3) is 0.304. The second-order valence-corrected chi connectivity index (χ2v) is 7.24. The van der Waals surface area contributed by atoms with Gasteiger partial charge < -0.3 is 24.3 Å². The molecule has 7 nitrogen and oxygen atoms in total. The quantitative estimate of drug-likeness (QED) is 0.553. The van der Waals surface area contributed by atoms with E-state index in [2.05, 4.69) is 5.32 Å². The predicted molar refractivity (Wildman–Crippen MR) is 114 cm³/mol. The number of amides is 1. The van der Waals surface area contributed by atoms with Crippen molar-refractivity contribution in [3.05, 3.63) is 59.0 Å². The Morgan fingerprint density at radius 3 is 2.53 bits per heavy atom. The maximum absolute atomic E-state index is 12.5. The summed E-state index contributed by atoms with van der Waals surface area (Å²) in [6, 6.07) is 13.7. The predicted octanol–water partition coefficient (Wildman–Crippen LogP) is 2.98. The van der Waals surface area contributed by atoms with Crippen LogP contribution >= 0.6 is 0 Å². The average Bonchev–Trinajstić information content (AvgIpc) is 2.75. The minimum atomic E-state index is -0.469. The van der Waals surface area contributed by atoms with Crippen LogP contribution in [-0.4, -0.2) is 37.4 Å². The summed E-state index contributed by atoms with van der Waals surface area (Å²) in [5.74, 6) is 0.799. The lowest BCUT2D eigenvalue weighted by Gasteiger charge is -2.19. The number of para-hydroxylation sites is 1. The molecule has 30 heavy (non-hydrogen) atoms. The van der Waals surface area contributed by atoms with Crippen LogP contribution in [0.3, 0.4) is 0 Å². The number of aliphatic hydroxyl groups is 1. The second kappa shape index (κ2) is 9.45. The lowest BCUT2D eigenvalue weighted by molar-refractivity contribution is -0.124. The number of hydrogen-bond donors (Lipinski definition) is 2. The van der Waals surface area contributed by atoms with E-state index in [1.807, 2.05) is 26.0 Å². The normalized spacial score (nSPS) is 12.0. The van der Waals surface area contributed by atoms with Gasteiger partial charge in [-0.2, -0.15) is 0 Å². The highest BCUT2D eigenvalue weighted by Gasteiger charge is 2.15. The highest BCUT2D eigenvalue weighted by molar-refractivity contribution is 5.86. The lowest BCUT2D eigenvalue weighted by Crippen LogP contribution is -2.43. The molecular formula is C23H25NO6. The Hall–Kier alpha value is -3.32. The third-order valence-corrected chi connectivity index (χ3v) is 4.83. The zero-order valence-electron chi connectivity index (χ0n) is 17.2. The number of rotatable bonds is 8. The molecule has 1 amide bonds. The van der Waals surface area contributed by atoms with E-state index in [1.165, 1.54) is 7.11 Å². The summed E-state index contributed by atoms with van der Waals surface area (Å²) in [5, 5.41) is 12.8. The molecule has 0 aliphatic rings. The summed E-state index contributed by atoms with van der Waals surface area (Å²) in [4.78, 5) is 24.4. The van der Waals surface area contributed by atoms with Crippen molar-refractivity contribution in [2.24, 2.45) is 5.92 Å². The zero-order valence-corrected chi connectivity index (χ0v) is 17.2. The molecule has 3 aromatic rings. The van der Waals surface area contributed by atoms with E-state index < -0.39 is 5.63 Å². The van der Waals surface area contributed by atoms with E-state index in [0.29, 0.717) is 28.2 Å². The number of nitrogens with one attached hydrogen (secondary N) is 1. The van der Waals surface area contributed by atoms with Crippen molar-refractivity contribution in [2.75, 3.05) is 20.3 Å². The molecule has 7 heteroatoms. The first-order valence-corrected chi connectivity index (χ1v) is 9.67. The van der Waals surface area contributed by atoms with Gasteiger partial charge in [-0.3, -0.25) is 4.79 Å². The molecule has 1 aromatic heterocycles. The van der Waals surface area contributed by atoms with E-state index in [0.717, 1.165) is 5.39 Å². The SMILES string of the molecule is COc1cccc2cc(-c3ccc(OCC(=O)NC(CO)C(C)C)cc3)c(=O)oc12. The molecule has 0 spiro atoms. The van der Waals surface area contributed by atoms with Crippen LogP contribution in [0.15, 0.2) is 57.7 Å². The Morgan fingerprint density at radius 1 is 1.17 bits per heavy atom. The molecule has 0 saturated carbocycles. The van der Waals surface area contributed by atoms with Gasteiger partial charge in [-0.1, -0.05) is 38.1 Å². The Balaban J connectivity index is 1.72. The molecule has 3 rings (SSSR count). The van der Waals surface area contributed by atoms with Gasteiger partial charge in [0.1, 0.15) is 5.75 Å². The topological polar surface area (TPSA) is 98.0 Å². The van der Waals surface area contributed by atoms with Crippen LogP contribution in [0.25, 0.3) is 22.1 Å². The molecule has 2 aromatic carbocycles. The molecule has 0 fully saturated rings. The number of benzene rings is 2. The van der Waals surface area contributed by atoms with Crippen molar-refractivity contribution < 1.29 is 23.8 Å². The van der Waals surface area contributed by atoms with Gasteiger partial charge in [0, 0.05) is 5.39 Å². The molecule has 1 atom stereocenters. The van der Waals surface area contributed by atoms with Gasteiger partial charge in [0.25, 0.3) is 5.91 Å². The second-order valence-electron chi connectivity index (χ2n) is 7.24. The van der Waals surface area contributed by atoms with E-state index >= 15 is 0 Å². The van der Waals surface area contributed by atoms with Crippen LogP contribution in [-0.2, 0) is 4.79 Å². The maximum Gasteiger partial charge on any atom is 0.344 e. The highest BCUT2D eigenvalue weighted by Crippen LogP contribution is 2.28. The molecule has 0 aliphatic carbocycles. The van der Waals surface area contributed by atoms with Gasteiger partial charge in [-0.05, 0) is 35.7 Å². The van der Waals surface area contributed by atoms with Crippen LogP contribution in [0.5, 0.6) is 11.5 Å². The molecule has 0 aliphatic heterocycles. The number of ether oxygens (including phenoxy) is 2. The average molecular weight is 411 g/mol. The smallest absolute Gasteiger partial charge is 0.344 e. The lowest BCUT2D eigenvalue weighted by atomic mass is 10.1. The first kappa shape index (κ1) is 21.4. The third-order valence-electron chi connectivity index (χ3n) is 4.83. The summed E-state index contributed by atoms with van der Waals surface area (Å²) in [7, 11) is 1.52. The minimum absolute atomic E-state index is 0.117. The van der Waals surface area contributed by atoms with Crippen LogP contribution in [0.4, 0.5) is 0 Å². The summed E-state index contributed by atoms with van der Waals surface area (Å²) in [5.41, 5.74) is 1.03. The zero-order chi connectivity index (χ0) is 21.7. The van der Waals surface area contributed by atoms with E-state index in [-0.39, 0.29) is 31.1 Å². The first-order chi connectivity index (χ1) is 14.4. The molecule has 1 heterocycles. The summed E-state index contributed by atoms with van der Waals surface area (Å²) in [6.07, 6.45) is 0.